The van der Waals surface area contributed by atoms with Crippen LogP contribution >= 0.6 is 0 Å². The van der Waals surface area contributed by atoms with Gasteiger partial charge in [-0.2, -0.15) is 0 Å². The summed E-state index contributed by atoms with van der Waals surface area (Å²) < 4.78 is 18.7. The van der Waals surface area contributed by atoms with Crippen molar-refractivity contribution in [3.63, 3.8) is 0 Å². The zero-order chi connectivity index (χ0) is 14.7. The molecule has 0 aliphatic carbocycles. The lowest BCUT2D eigenvalue weighted by Crippen LogP contribution is -2.43. The van der Waals surface area contributed by atoms with E-state index in [0.29, 0.717) is 24.2 Å². The van der Waals surface area contributed by atoms with Crippen LogP contribution in [0, 0.1) is 5.82 Å². The fourth-order valence-corrected chi connectivity index (χ4v) is 2.68. The molecule has 1 N–H and O–H groups in total. The predicted molar refractivity (Wildman–Crippen MR) is 79.3 cm³/mol. The maximum Gasteiger partial charge on any atom is 0.209 e. The highest BCUT2D eigenvalue weighted by molar-refractivity contribution is 5.55. The summed E-state index contributed by atoms with van der Waals surface area (Å²) in [7, 11) is 2.10. The van der Waals surface area contributed by atoms with Gasteiger partial charge in [-0.25, -0.2) is 9.37 Å². The van der Waals surface area contributed by atoms with Crippen molar-refractivity contribution in [2.24, 2.45) is 0 Å². The molecule has 112 valence electrons. The summed E-state index contributed by atoms with van der Waals surface area (Å²) in [5, 5.41) is 3.41. The monoisotopic (exact) mass is 289 g/mol. The average Bonchev–Trinajstić information content (AvgIpc) is 2.97. The van der Waals surface area contributed by atoms with Crippen LogP contribution in [0.2, 0.25) is 0 Å². The van der Waals surface area contributed by atoms with Gasteiger partial charge in [0.25, 0.3) is 0 Å². The summed E-state index contributed by atoms with van der Waals surface area (Å²) in [6.07, 6.45) is 4.12. The zero-order valence-corrected chi connectivity index (χ0v) is 12.2. The number of halogens is 1. The normalized spacial score (nSPS) is 19.1. The first-order valence-corrected chi connectivity index (χ1v) is 7.34. The Morgan fingerprint density at radius 2 is 2.19 bits per heavy atom. The van der Waals surface area contributed by atoms with Crippen LogP contribution in [0.25, 0.3) is 11.3 Å². The molecule has 0 amide bonds. The third kappa shape index (κ3) is 3.49. The molecule has 1 aromatic carbocycles. The van der Waals surface area contributed by atoms with Crippen LogP contribution in [0.15, 0.2) is 34.9 Å². The molecule has 3 rings (SSSR count). The summed E-state index contributed by atoms with van der Waals surface area (Å²) in [5.41, 5.74) is 0.845. The zero-order valence-electron chi connectivity index (χ0n) is 12.2. The standard InChI is InChI=1S/C16H20FN3O/c1-20(14-3-2-8-18-9-14)11-16-19-10-15(21-16)12-4-6-13(17)7-5-12/h4-7,10,14,18H,2-3,8-9,11H2,1H3. The minimum atomic E-state index is -0.247. The molecule has 1 atom stereocenters. The van der Waals surface area contributed by atoms with Crippen LogP contribution in [0.4, 0.5) is 4.39 Å². The van der Waals surface area contributed by atoms with E-state index in [1.165, 1.54) is 25.0 Å². The number of likely N-dealkylation sites (N-methyl/N-ethyl adjacent to an activating group) is 1. The molecule has 0 saturated carbocycles. The van der Waals surface area contributed by atoms with Gasteiger partial charge in [-0.3, -0.25) is 4.90 Å². The van der Waals surface area contributed by atoms with Gasteiger partial charge >= 0.3 is 0 Å². The van der Waals surface area contributed by atoms with E-state index in [0.717, 1.165) is 18.7 Å². The van der Waals surface area contributed by atoms with Gasteiger partial charge in [-0.05, 0) is 50.7 Å². The van der Waals surface area contributed by atoms with Gasteiger partial charge in [0.1, 0.15) is 5.82 Å². The maximum atomic E-state index is 12.9. The fraction of sp³-hybridized carbons (Fsp3) is 0.438. The highest BCUT2D eigenvalue weighted by atomic mass is 19.1. The highest BCUT2D eigenvalue weighted by Gasteiger charge is 2.19. The lowest BCUT2D eigenvalue weighted by Gasteiger charge is -2.30. The van der Waals surface area contributed by atoms with Crippen molar-refractivity contribution in [3.05, 3.63) is 42.2 Å². The summed E-state index contributed by atoms with van der Waals surface area (Å²) in [5.74, 6) is 1.13. The van der Waals surface area contributed by atoms with Gasteiger partial charge in [0.05, 0.1) is 12.7 Å². The number of rotatable bonds is 4. The van der Waals surface area contributed by atoms with Crippen molar-refractivity contribution in [2.45, 2.75) is 25.4 Å². The van der Waals surface area contributed by atoms with Crippen LogP contribution in [0.3, 0.4) is 0 Å². The molecule has 0 bridgehead atoms. The second-order valence-corrected chi connectivity index (χ2v) is 5.54. The highest BCUT2D eigenvalue weighted by Crippen LogP contribution is 2.21. The predicted octanol–water partition coefficient (Wildman–Crippen LogP) is 2.66. The van der Waals surface area contributed by atoms with Gasteiger partial charge in [-0.15, -0.1) is 0 Å². The number of nitrogens with zero attached hydrogens (tertiary/aromatic N) is 2. The first-order chi connectivity index (χ1) is 10.2. The number of oxazole rings is 1. The van der Waals surface area contributed by atoms with Crippen molar-refractivity contribution in [1.29, 1.82) is 0 Å². The fourth-order valence-electron chi connectivity index (χ4n) is 2.68. The second kappa shape index (κ2) is 6.37. The Morgan fingerprint density at radius 1 is 1.38 bits per heavy atom. The number of nitrogens with one attached hydrogen (secondary N) is 1. The van der Waals surface area contributed by atoms with Crippen LogP contribution < -0.4 is 5.32 Å². The van der Waals surface area contributed by atoms with E-state index >= 15 is 0 Å². The largest absolute Gasteiger partial charge is 0.439 e. The number of hydrogen-bond acceptors (Lipinski definition) is 4. The van der Waals surface area contributed by atoms with E-state index in [9.17, 15) is 4.39 Å². The summed E-state index contributed by atoms with van der Waals surface area (Å²) in [6.45, 7) is 2.81. The summed E-state index contributed by atoms with van der Waals surface area (Å²) in [6, 6.07) is 6.79. The third-order valence-corrected chi connectivity index (χ3v) is 3.96. The smallest absolute Gasteiger partial charge is 0.209 e. The lowest BCUT2D eigenvalue weighted by molar-refractivity contribution is 0.181. The molecule has 1 aliphatic heterocycles. The van der Waals surface area contributed by atoms with E-state index in [-0.39, 0.29) is 5.82 Å². The Labute approximate surface area is 124 Å². The minimum Gasteiger partial charge on any atom is -0.439 e. The first-order valence-electron chi connectivity index (χ1n) is 7.34. The second-order valence-electron chi connectivity index (χ2n) is 5.54. The van der Waals surface area contributed by atoms with E-state index < -0.39 is 0 Å². The molecule has 1 unspecified atom stereocenters. The van der Waals surface area contributed by atoms with E-state index in [1.54, 1.807) is 18.3 Å². The van der Waals surface area contributed by atoms with E-state index in [1.807, 2.05) is 0 Å². The quantitative estimate of drug-likeness (QED) is 0.939. The molecule has 1 saturated heterocycles. The number of piperidine rings is 1. The Bertz CT molecular complexity index is 575. The molecular formula is C16H20FN3O. The van der Waals surface area contributed by atoms with Gasteiger partial charge in [0.2, 0.25) is 5.89 Å². The maximum absolute atomic E-state index is 12.9. The third-order valence-electron chi connectivity index (χ3n) is 3.96. The van der Waals surface area contributed by atoms with Crippen molar-refractivity contribution in [1.82, 2.24) is 15.2 Å². The van der Waals surface area contributed by atoms with Crippen molar-refractivity contribution in [2.75, 3.05) is 20.1 Å². The summed E-state index contributed by atoms with van der Waals surface area (Å²) >= 11 is 0. The van der Waals surface area contributed by atoms with Crippen molar-refractivity contribution in [3.8, 4) is 11.3 Å². The van der Waals surface area contributed by atoms with Crippen molar-refractivity contribution >= 4 is 0 Å². The number of hydrogen-bond donors (Lipinski definition) is 1. The summed E-state index contributed by atoms with van der Waals surface area (Å²) in [4.78, 5) is 6.60. The van der Waals surface area contributed by atoms with Crippen LogP contribution in [-0.2, 0) is 6.54 Å². The lowest BCUT2D eigenvalue weighted by atomic mass is 10.1. The van der Waals surface area contributed by atoms with Crippen LogP contribution in [0.1, 0.15) is 18.7 Å². The molecular weight excluding hydrogens is 269 g/mol. The van der Waals surface area contributed by atoms with Gasteiger partial charge < -0.3 is 9.73 Å². The van der Waals surface area contributed by atoms with Gasteiger partial charge in [0.15, 0.2) is 5.76 Å². The Hall–Kier alpha value is -1.72. The molecule has 1 fully saturated rings. The van der Waals surface area contributed by atoms with Crippen LogP contribution in [0.5, 0.6) is 0 Å². The van der Waals surface area contributed by atoms with Crippen molar-refractivity contribution < 1.29 is 8.81 Å². The van der Waals surface area contributed by atoms with Gasteiger partial charge in [-0.1, -0.05) is 0 Å². The van der Waals surface area contributed by atoms with Crippen LogP contribution in [-0.4, -0.2) is 36.1 Å². The molecule has 4 nitrogen and oxygen atoms in total. The molecule has 5 heteroatoms. The van der Waals surface area contributed by atoms with Gasteiger partial charge in [0, 0.05) is 18.2 Å². The molecule has 1 aliphatic rings. The SMILES string of the molecule is CN(Cc1ncc(-c2ccc(F)cc2)o1)C1CCCNC1. The topological polar surface area (TPSA) is 41.3 Å². The number of aromatic nitrogens is 1. The Balaban J connectivity index is 1.65. The molecule has 21 heavy (non-hydrogen) atoms. The molecule has 0 radical (unpaired) electrons. The Kier molecular flexibility index (Phi) is 4.31. The molecule has 1 aromatic heterocycles. The average molecular weight is 289 g/mol. The minimum absolute atomic E-state index is 0.247. The van der Waals surface area contributed by atoms with E-state index in [2.05, 4.69) is 22.2 Å². The Morgan fingerprint density at radius 3 is 2.90 bits per heavy atom. The molecule has 2 aromatic rings. The number of benzene rings is 1. The first kappa shape index (κ1) is 14.2. The van der Waals surface area contributed by atoms with E-state index in [4.69, 9.17) is 4.42 Å². The molecule has 0 spiro atoms. The molecule has 2 heterocycles.